The topological polar surface area (TPSA) is 58.2 Å². The zero-order chi connectivity index (χ0) is 14.7. The van der Waals surface area contributed by atoms with Crippen molar-refractivity contribution in [3.05, 3.63) is 52.2 Å². The molecule has 0 atom stereocenters. The monoisotopic (exact) mass is 322 g/mol. The highest BCUT2D eigenvalue weighted by Gasteiger charge is 2.20. The molecule has 1 aromatic carbocycles. The van der Waals surface area contributed by atoms with E-state index in [1.54, 1.807) is 11.4 Å². The summed E-state index contributed by atoms with van der Waals surface area (Å²) in [5.41, 5.74) is 2.57. The van der Waals surface area contributed by atoms with Crippen molar-refractivity contribution in [1.82, 2.24) is 5.32 Å². The summed E-state index contributed by atoms with van der Waals surface area (Å²) in [5, 5.41) is 7.07. The van der Waals surface area contributed by atoms with E-state index in [0.29, 0.717) is 11.7 Å². The van der Waals surface area contributed by atoms with Crippen LogP contribution in [0.5, 0.6) is 0 Å². The molecule has 21 heavy (non-hydrogen) atoms. The maximum atomic E-state index is 12.1. The van der Waals surface area contributed by atoms with Crippen molar-refractivity contribution in [3.8, 4) is 0 Å². The Labute approximate surface area is 129 Å². The minimum atomic E-state index is -3.36. The molecule has 0 saturated heterocycles. The molecule has 1 fully saturated rings. The van der Waals surface area contributed by atoms with Gasteiger partial charge in [0.05, 0.1) is 11.4 Å². The third-order valence-electron chi connectivity index (χ3n) is 3.31. The minimum Gasteiger partial charge on any atom is -0.310 e. The third kappa shape index (κ3) is 4.56. The SMILES string of the molecule is O=S(=O)(Cc1cccc(CNC2CC2)c1)Nc1ccsc1. The van der Waals surface area contributed by atoms with Gasteiger partial charge in [-0.05, 0) is 35.4 Å². The highest BCUT2D eigenvalue weighted by Crippen LogP contribution is 2.20. The number of benzene rings is 1. The second-order valence-corrected chi connectivity index (χ2v) is 7.85. The van der Waals surface area contributed by atoms with Gasteiger partial charge in [-0.3, -0.25) is 4.72 Å². The number of nitrogens with one attached hydrogen (secondary N) is 2. The van der Waals surface area contributed by atoms with Gasteiger partial charge < -0.3 is 5.32 Å². The molecule has 2 N–H and O–H groups in total. The number of thiophene rings is 1. The molecule has 1 saturated carbocycles. The molecule has 0 unspecified atom stereocenters. The fourth-order valence-corrected chi connectivity index (χ4v) is 3.98. The van der Waals surface area contributed by atoms with E-state index >= 15 is 0 Å². The predicted octanol–water partition coefficient (Wildman–Crippen LogP) is 2.94. The first-order valence-electron chi connectivity index (χ1n) is 6.95. The summed E-state index contributed by atoms with van der Waals surface area (Å²) < 4.78 is 26.9. The minimum absolute atomic E-state index is 0.000114. The summed E-state index contributed by atoms with van der Waals surface area (Å²) in [5.74, 6) is 0.000114. The van der Waals surface area contributed by atoms with Crippen molar-refractivity contribution in [1.29, 1.82) is 0 Å². The van der Waals surface area contributed by atoms with Gasteiger partial charge in [0.15, 0.2) is 0 Å². The Morgan fingerprint density at radius 2 is 2.00 bits per heavy atom. The Bertz CT molecular complexity index is 692. The first-order valence-corrected chi connectivity index (χ1v) is 9.54. The normalized spacial score (nSPS) is 15.0. The molecule has 0 radical (unpaired) electrons. The Morgan fingerprint density at radius 3 is 2.71 bits per heavy atom. The molecule has 6 heteroatoms. The van der Waals surface area contributed by atoms with E-state index < -0.39 is 10.0 Å². The number of anilines is 1. The average Bonchev–Trinajstić information content (AvgIpc) is 3.13. The number of rotatable bonds is 7. The molecule has 0 bridgehead atoms. The molecule has 2 aromatic rings. The zero-order valence-electron chi connectivity index (χ0n) is 11.6. The van der Waals surface area contributed by atoms with Crippen molar-refractivity contribution in [2.24, 2.45) is 0 Å². The Kier molecular flexibility index (Phi) is 4.28. The molecule has 0 aliphatic heterocycles. The van der Waals surface area contributed by atoms with Crippen LogP contribution in [0.1, 0.15) is 24.0 Å². The van der Waals surface area contributed by atoms with Crippen LogP contribution in [0.4, 0.5) is 5.69 Å². The van der Waals surface area contributed by atoms with Gasteiger partial charge in [-0.15, -0.1) is 0 Å². The van der Waals surface area contributed by atoms with Crippen LogP contribution in [-0.4, -0.2) is 14.5 Å². The maximum absolute atomic E-state index is 12.1. The van der Waals surface area contributed by atoms with E-state index in [1.165, 1.54) is 24.2 Å². The molecular formula is C15H18N2O2S2. The van der Waals surface area contributed by atoms with Crippen molar-refractivity contribution in [2.75, 3.05) is 4.72 Å². The van der Waals surface area contributed by atoms with Crippen LogP contribution in [0, 0.1) is 0 Å². The van der Waals surface area contributed by atoms with Gasteiger partial charge in [0.1, 0.15) is 0 Å². The lowest BCUT2D eigenvalue weighted by Gasteiger charge is -2.08. The molecule has 1 aliphatic carbocycles. The molecule has 112 valence electrons. The van der Waals surface area contributed by atoms with E-state index in [-0.39, 0.29) is 5.75 Å². The quantitative estimate of drug-likeness (QED) is 0.824. The van der Waals surface area contributed by atoms with Crippen LogP contribution >= 0.6 is 11.3 Å². The molecule has 1 aliphatic rings. The van der Waals surface area contributed by atoms with E-state index in [4.69, 9.17) is 0 Å². The molecule has 3 rings (SSSR count). The van der Waals surface area contributed by atoms with Gasteiger partial charge in [-0.25, -0.2) is 8.42 Å². The van der Waals surface area contributed by atoms with Gasteiger partial charge in [-0.2, -0.15) is 11.3 Å². The number of hydrogen-bond acceptors (Lipinski definition) is 4. The Morgan fingerprint density at radius 1 is 1.19 bits per heavy atom. The van der Waals surface area contributed by atoms with Crippen LogP contribution in [-0.2, 0) is 22.3 Å². The van der Waals surface area contributed by atoms with Gasteiger partial charge in [-0.1, -0.05) is 24.3 Å². The lowest BCUT2D eigenvalue weighted by atomic mass is 10.1. The summed E-state index contributed by atoms with van der Waals surface area (Å²) in [6.45, 7) is 0.802. The summed E-state index contributed by atoms with van der Waals surface area (Å²) in [6, 6.07) is 10.2. The smallest absolute Gasteiger partial charge is 0.236 e. The van der Waals surface area contributed by atoms with Gasteiger partial charge in [0.25, 0.3) is 0 Å². The van der Waals surface area contributed by atoms with E-state index in [9.17, 15) is 8.42 Å². The summed E-state index contributed by atoms with van der Waals surface area (Å²) in [7, 11) is -3.36. The molecule has 1 heterocycles. The van der Waals surface area contributed by atoms with Crippen molar-refractivity contribution in [3.63, 3.8) is 0 Å². The maximum Gasteiger partial charge on any atom is 0.236 e. The highest BCUT2D eigenvalue weighted by molar-refractivity contribution is 7.91. The summed E-state index contributed by atoms with van der Waals surface area (Å²) in [4.78, 5) is 0. The number of hydrogen-bond donors (Lipinski definition) is 2. The van der Waals surface area contributed by atoms with Crippen LogP contribution in [0.2, 0.25) is 0 Å². The van der Waals surface area contributed by atoms with E-state index in [1.807, 2.05) is 29.6 Å². The Hall–Kier alpha value is -1.37. The fraction of sp³-hybridized carbons (Fsp3) is 0.333. The third-order valence-corrected chi connectivity index (χ3v) is 5.26. The fourth-order valence-electron chi connectivity index (χ4n) is 2.14. The highest BCUT2D eigenvalue weighted by atomic mass is 32.2. The van der Waals surface area contributed by atoms with Crippen LogP contribution in [0.3, 0.4) is 0 Å². The molecule has 1 aromatic heterocycles. The zero-order valence-corrected chi connectivity index (χ0v) is 13.2. The van der Waals surface area contributed by atoms with Crippen molar-refractivity contribution < 1.29 is 8.42 Å². The lowest BCUT2D eigenvalue weighted by molar-refractivity contribution is 0.600. The summed E-state index contributed by atoms with van der Waals surface area (Å²) in [6.07, 6.45) is 2.50. The first-order chi connectivity index (χ1) is 10.1. The van der Waals surface area contributed by atoms with Crippen LogP contribution in [0.15, 0.2) is 41.1 Å². The first kappa shape index (κ1) is 14.6. The van der Waals surface area contributed by atoms with Crippen molar-refractivity contribution in [2.45, 2.75) is 31.2 Å². The largest absolute Gasteiger partial charge is 0.310 e. The molecule has 0 spiro atoms. The lowest BCUT2D eigenvalue weighted by Crippen LogP contribution is -2.16. The van der Waals surface area contributed by atoms with E-state index in [0.717, 1.165) is 17.7 Å². The predicted molar refractivity (Wildman–Crippen MR) is 86.9 cm³/mol. The molecule has 0 amide bonds. The van der Waals surface area contributed by atoms with Gasteiger partial charge in [0, 0.05) is 18.0 Å². The Balaban J connectivity index is 1.64. The van der Waals surface area contributed by atoms with Gasteiger partial charge in [0.2, 0.25) is 10.0 Å². The van der Waals surface area contributed by atoms with Gasteiger partial charge >= 0.3 is 0 Å². The summed E-state index contributed by atoms with van der Waals surface area (Å²) >= 11 is 1.47. The van der Waals surface area contributed by atoms with Crippen molar-refractivity contribution >= 4 is 27.0 Å². The average molecular weight is 322 g/mol. The second kappa shape index (κ2) is 6.17. The molecule has 4 nitrogen and oxygen atoms in total. The molecular weight excluding hydrogens is 304 g/mol. The van der Waals surface area contributed by atoms with E-state index in [2.05, 4.69) is 10.0 Å². The van der Waals surface area contributed by atoms with Crippen LogP contribution < -0.4 is 10.0 Å². The number of sulfonamides is 1. The second-order valence-electron chi connectivity index (χ2n) is 5.35. The standard InChI is InChI=1S/C15H18N2O2S2/c18-21(19,17-15-6-7-20-10-15)11-13-3-1-2-12(8-13)9-16-14-4-5-14/h1-3,6-8,10,14,16-17H,4-5,9,11H2. The van der Waals surface area contributed by atoms with Crippen LogP contribution in [0.25, 0.3) is 0 Å².